The van der Waals surface area contributed by atoms with Crippen LogP contribution in [0, 0.1) is 34.6 Å². The zero-order valence-corrected chi connectivity index (χ0v) is 22.9. The van der Waals surface area contributed by atoms with Gasteiger partial charge in [-0.3, -0.25) is 4.79 Å². The highest BCUT2D eigenvalue weighted by molar-refractivity contribution is 7.17. The van der Waals surface area contributed by atoms with E-state index in [0.29, 0.717) is 34.2 Å². The molecule has 2 atom stereocenters. The number of ether oxygens (including phenoxy) is 2. The Hall–Kier alpha value is -2.94. The molecule has 2 unspecified atom stereocenters. The third-order valence-electron chi connectivity index (χ3n) is 5.55. The molecule has 35 heavy (non-hydrogen) atoms. The molecule has 2 aromatic rings. The number of methoxy groups -OCH3 is 1. The number of Topliss-reactive ketones (excluding diaryl/α,β-unsaturated/α-hetero) is 1. The van der Waals surface area contributed by atoms with Gasteiger partial charge in [-0.15, -0.1) is 11.3 Å². The van der Waals surface area contributed by atoms with Gasteiger partial charge in [0.15, 0.2) is 12.0 Å². The summed E-state index contributed by atoms with van der Waals surface area (Å²) in [6.07, 6.45) is 4.82. The van der Waals surface area contributed by atoms with Gasteiger partial charge < -0.3 is 14.4 Å². The fourth-order valence-corrected chi connectivity index (χ4v) is 4.67. The lowest BCUT2D eigenvalue weighted by atomic mass is 10.0. The number of aromatic nitrogens is 1. The van der Waals surface area contributed by atoms with Gasteiger partial charge in [-0.25, -0.2) is 4.98 Å². The van der Waals surface area contributed by atoms with Crippen LogP contribution in [0.25, 0.3) is 10.6 Å². The minimum atomic E-state index is -0.0196. The number of rotatable bonds is 7. The van der Waals surface area contributed by atoms with Gasteiger partial charge in [0.2, 0.25) is 0 Å². The molecule has 2 heterocycles. The highest BCUT2D eigenvalue weighted by Gasteiger charge is 2.23. The molecular weight excluding hydrogens is 460 g/mol. The number of carbonyl (C=O) groups excluding carboxylic acids is 1. The number of nitriles is 2. The number of hydrogen-bond donors (Lipinski definition) is 0. The Kier molecular flexibility index (Phi) is 13.6. The second-order valence-electron chi connectivity index (χ2n) is 8.39. The van der Waals surface area contributed by atoms with E-state index in [4.69, 9.17) is 10.00 Å². The van der Waals surface area contributed by atoms with Crippen LogP contribution in [0.4, 0.5) is 0 Å². The quantitative estimate of drug-likeness (QED) is 0.344. The molecule has 0 saturated carbocycles. The number of aryl methyl sites for hydroxylation is 1. The van der Waals surface area contributed by atoms with Crippen LogP contribution in [-0.4, -0.2) is 49.6 Å². The molecule has 0 radical (unpaired) electrons. The van der Waals surface area contributed by atoms with Crippen LogP contribution < -0.4 is 4.74 Å². The molecule has 1 fully saturated rings. The molecule has 1 aromatic heterocycles. The summed E-state index contributed by atoms with van der Waals surface area (Å²) >= 11 is 1.38. The molecule has 0 N–H and O–H groups in total. The van der Waals surface area contributed by atoms with Gasteiger partial charge in [0.25, 0.3) is 0 Å². The van der Waals surface area contributed by atoms with E-state index >= 15 is 0 Å². The molecule has 3 rings (SSSR count). The van der Waals surface area contributed by atoms with Gasteiger partial charge in [-0.05, 0) is 38.2 Å². The minimum absolute atomic E-state index is 0.0196. The molecular formula is C27H38N4O3S. The predicted molar refractivity (Wildman–Crippen MR) is 140 cm³/mol. The standard InChI is InChI=1S/C19H22N2O2S.C6H10N2.C2H6O/c1-5-12(4)17(22)18-15(6-2)21-19(24-18)13-9-8-10-16(23-7-3)14(13)11-20;1-6-2-3-8(4-6)5-7;1-3-2/h8-10,12H,5-7H2,1-4H3;6H,2-4H2,1H3;1-2H3. The first-order chi connectivity index (χ1) is 16.8. The van der Waals surface area contributed by atoms with Gasteiger partial charge in [0, 0.05) is 38.8 Å². The fourth-order valence-electron chi connectivity index (χ4n) is 3.43. The lowest BCUT2D eigenvalue weighted by Gasteiger charge is -2.08. The van der Waals surface area contributed by atoms with E-state index in [1.165, 1.54) is 17.8 Å². The highest BCUT2D eigenvalue weighted by atomic mass is 32.1. The number of ketones is 1. The average Bonchev–Trinajstić information content (AvgIpc) is 3.50. The number of benzene rings is 1. The first-order valence-electron chi connectivity index (χ1n) is 12.1. The maximum absolute atomic E-state index is 12.6. The summed E-state index contributed by atoms with van der Waals surface area (Å²) in [5.74, 6) is 1.40. The largest absolute Gasteiger partial charge is 0.492 e. The molecule has 1 aliphatic rings. The van der Waals surface area contributed by atoms with Crippen molar-refractivity contribution in [1.29, 1.82) is 10.5 Å². The molecule has 1 aliphatic heterocycles. The lowest BCUT2D eigenvalue weighted by Crippen LogP contribution is -2.12. The fraction of sp³-hybridized carbons (Fsp3) is 0.556. The van der Waals surface area contributed by atoms with E-state index in [9.17, 15) is 10.1 Å². The summed E-state index contributed by atoms with van der Waals surface area (Å²) < 4.78 is 9.79. The van der Waals surface area contributed by atoms with E-state index in [0.717, 1.165) is 36.7 Å². The molecule has 8 heteroatoms. The van der Waals surface area contributed by atoms with Crippen molar-refractivity contribution in [3.05, 3.63) is 34.3 Å². The van der Waals surface area contributed by atoms with Gasteiger partial charge in [0.05, 0.1) is 17.2 Å². The molecule has 0 spiro atoms. The second kappa shape index (κ2) is 15.9. The Morgan fingerprint density at radius 3 is 2.43 bits per heavy atom. The third-order valence-corrected chi connectivity index (χ3v) is 6.70. The van der Waals surface area contributed by atoms with E-state index < -0.39 is 0 Å². The minimum Gasteiger partial charge on any atom is -0.492 e. The van der Waals surface area contributed by atoms with Crippen molar-refractivity contribution in [3.63, 3.8) is 0 Å². The van der Waals surface area contributed by atoms with Gasteiger partial charge >= 0.3 is 0 Å². The van der Waals surface area contributed by atoms with Crippen molar-refractivity contribution >= 4 is 17.1 Å². The highest BCUT2D eigenvalue weighted by Crippen LogP contribution is 2.35. The molecule has 190 valence electrons. The first kappa shape index (κ1) is 30.1. The van der Waals surface area contributed by atoms with Crippen LogP contribution in [0.2, 0.25) is 0 Å². The Morgan fingerprint density at radius 1 is 1.29 bits per heavy atom. The van der Waals surface area contributed by atoms with Crippen molar-refractivity contribution in [2.75, 3.05) is 33.9 Å². The smallest absolute Gasteiger partial charge is 0.179 e. The van der Waals surface area contributed by atoms with E-state index in [1.54, 1.807) is 20.3 Å². The summed E-state index contributed by atoms with van der Waals surface area (Å²) in [7, 11) is 3.25. The van der Waals surface area contributed by atoms with Crippen LogP contribution in [-0.2, 0) is 11.2 Å². The van der Waals surface area contributed by atoms with Crippen LogP contribution in [0.3, 0.4) is 0 Å². The predicted octanol–water partition coefficient (Wildman–Crippen LogP) is 5.94. The summed E-state index contributed by atoms with van der Waals surface area (Å²) in [4.78, 5) is 19.8. The van der Waals surface area contributed by atoms with Crippen LogP contribution >= 0.6 is 11.3 Å². The molecule has 1 saturated heterocycles. The van der Waals surface area contributed by atoms with E-state index in [1.807, 2.05) is 44.7 Å². The second-order valence-corrected chi connectivity index (χ2v) is 9.39. The van der Waals surface area contributed by atoms with Gasteiger partial charge in [0.1, 0.15) is 22.4 Å². The van der Waals surface area contributed by atoms with Crippen LogP contribution in [0.15, 0.2) is 18.2 Å². The summed E-state index contributed by atoms with van der Waals surface area (Å²) in [5.41, 5.74) is 2.01. The number of thiazole rings is 1. The Bertz CT molecular complexity index is 1020. The zero-order chi connectivity index (χ0) is 26.4. The average molecular weight is 499 g/mol. The van der Waals surface area contributed by atoms with Crippen LogP contribution in [0.1, 0.15) is 68.4 Å². The number of hydrogen-bond acceptors (Lipinski definition) is 8. The maximum atomic E-state index is 12.6. The van der Waals surface area contributed by atoms with Crippen molar-refractivity contribution in [2.24, 2.45) is 11.8 Å². The zero-order valence-electron chi connectivity index (χ0n) is 22.1. The molecule has 0 aliphatic carbocycles. The van der Waals surface area contributed by atoms with E-state index in [-0.39, 0.29) is 11.7 Å². The first-order valence-corrected chi connectivity index (χ1v) is 12.9. The van der Waals surface area contributed by atoms with Crippen molar-refractivity contribution in [2.45, 2.75) is 53.9 Å². The van der Waals surface area contributed by atoms with E-state index in [2.05, 4.69) is 28.9 Å². The lowest BCUT2D eigenvalue weighted by molar-refractivity contribution is 0.0930. The monoisotopic (exact) mass is 498 g/mol. The summed E-state index contributed by atoms with van der Waals surface area (Å²) in [6, 6.07) is 7.71. The Labute approximate surface area is 214 Å². The van der Waals surface area contributed by atoms with Gasteiger partial charge in [-0.1, -0.05) is 39.8 Å². The van der Waals surface area contributed by atoms with Gasteiger partial charge in [-0.2, -0.15) is 10.5 Å². The van der Waals surface area contributed by atoms with Crippen LogP contribution in [0.5, 0.6) is 5.75 Å². The Balaban J connectivity index is 0.000000461. The van der Waals surface area contributed by atoms with Crippen molar-refractivity contribution in [3.8, 4) is 28.6 Å². The van der Waals surface area contributed by atoms with Crippen molar-refractivity contribution < 1.29 is 14.3 Å². The number of carbonyl (C=O) groups is 1. The van der Waals surface area contributed by atoms with Crippen molar-refractivity contribution in [1.82, 2.24) is 9.88 Å². The SMILES string of the molecule is CC1CCN(C#N)C1.CCOc1cccc(-c2nc(CC)c(C(=O)C(C)CC)s2)c1C#N.COC. The molecule has 0 amide bonds. The number of likely N-dealkylation sites (tertiary alicyclic amines) is 1. The topological polar surface area (TPSA) is 99.2 Å². The summed E-state index contributed by atoms with van der Waals surface area (Å²) in [6.45, 7) is 12.4. The maximum Gasteiger partial charge on any atom is 0.179 e. The molecule has 7 nitrogen and oxygen atoms in total. The Morgan fingerprint density at radius 2 is 1.97 bits per heavy atom. The molecule has 0 bridgehead atoms. The summed E-state index contributed by atoms with van der Waals surface area (Å²) in [5, 5.41) is 18.6. The molecule has 1 aromatic carbocycles. The third kappa shape index (κ3) is 8.65. The normalized spacial score (nSPS) is 15.0. The number of nitrogens with zero attached hydrogens (tertiary/aromatic N) is 4.